The molecule has 0 unspecified atom stereocenters. The van der Waals surface area contributed by atoms with Gasteiger partial charge in [-0.1, -0.05) is 0 Å². The molecule has 0 aliphatic carbocycles. The molecule has 1 aromatic heterocycles. The number of carbonyl (C=O) groups excluding carboxylic acids is 1. The number of rotatable bonds is 4. The van der Waals surface area contributed by atoms with Gasteiger partial charge in [-0.3, -0.25) is 9.69 Å². The van der Waals surface area contributed by atoms with Gasteiger partial charge in [-0.15, -0.1) is 0 Å². The van der Waals surface area contributed by atoms with Crippen LogP contribution in [0.1, 0.15) is 30.3 Å². The van der Waals surface area contributed by atoms with E-state index in [-0.39, 0.29) is 29.5 Å². The van der Waals surface area contributed by atoms with Gasteiger partial charge >= 0.3 is 0 Å². The number of nitrogens with zero attached hydrogens (tertiary/aromatic N) is 1. The van der Waals surface area contributed by atoms with Crippen molar-refractivity contribution in [2.45, 2.75) is 31.8 Å². The standard InChI is InChI=1S/C19H21FN2O3/c1-12-18(13-8-10-22(12)11-9-13)21-19(23)16-6-7-17(25-16)24-15-4-2-14(20)3-5-15/h2-7,12-13,18H,8-11H2,1H3,(H,21,23)/t12-,18-/m0/s1. The van der Waals surface area contributed by atoms with Crippen LogP contribution in [0.25, 0.3) is 0 Å². The Bertz CT molecular complexity index is 748. The Kier molecular flexibility index (Phi) is 4.21. The van der Waals surface area contributed by atoms with Gasteiger partial charge in [-0.05, 0) is 69.1 Å². The molecule has 3 saturated heterocycles. The summed E-state index contributed by atoms with van der Waals surface area (Å²) in [4.78, 5) is 14.9. The van der Waals surface area contributed by atoms with Gasteiger partial charge in [-0.25, -0.2) is 4.39 Å². The monoisotopic (exact) mass is 344 g/mol. The number of piperidine rings is 3. The fourth-order valence-corrected chi connectivity index (χ4v) is 3.88. The average molecular weight is 344 g/mol. The lowest BCUT2D eigenvalue weighted by Gasteiger charge is -2.49. The van der Waals surface area contributed by atoms with E-state index in [1.165, 1.54) is 24.3 Å². The topological polar surface area (TPSA) is 54.7 Å². The summed E-state index contributed by atoms with van der Waals surface area (Å²) in [6.45, 7) is 4.41. The Balaban J connectivity index is 1.41. The van der Waals surface area contributed by atoms with Gasteiger partial charge in [0.15, 0.2) is 5.76 Å². The number of nitrogens with one attached hydrogen (secondary N) is 1. The zero-order chi connectivity index (χ0) is 17.4. The van der Waals surface area contributed by atoms with Gasteiger partial charge in [0, 0.05) is 18.2 Å². The number of hydrogen-bond donors (Lipinski definition) is 1. The summed E-state index contributed by atoms with van der Waals surface area (Å²) in [6.07, 6.45) is 2.26. The van der Waals surface area contributed by atoms with Crippen LogP contribution in [-0.2, 0) is 0 Å². The van der Waals surface area contributed by atoms with Gasteiger partial charge in [0.25, 0.3) is 11.9 Å². The Morgan fingerprint density at radius 3 is 2.60 bits per heavy atom. The van der Waals surface area contributed by atoms with Crippen LogP contribution in [0, 0.1) is 11.7 Å². The number of ether oxygens (including phenoxy) is 1. The van der Waals surface area contributed by atoms with Gasteiger partial charge in [0.05, 0.1) is 0 Å². The lowest BCUT2D eigenvalue weighted by Crippen LogP contribution is -2.62. The van der Waals surface area contributed by atoms with E-state index in [1.54, 1.807) is 12.1 Å². The summed E-state index contributed by atoms with van der Waals surface area (Å²) in [5.41, 5.74) is 0. The number of hydrogen-bond acceptors (Lipinski definition) is 4. The molecule has 4 heterocycles. The third-order valence-corrected chi connectivity index (χ3v) is 5.31. The molecular formula is C19H21FN2O3. The maximum atomic E-state index is 12.9. The maximum Gasteiger partial charge on any atom is 0.290 e. The first-order chi connectivity index (χ1) is 12.1. The quantitative estimate of drug-likeness (QED) is 0.923. The molecule has 0 radical (unpaired) electrons. The molecule has 132 valence electrons. The smallest absolute Gasteiger partial charge is 0.290 e. The Hall–Kier alpha value is -2.34. The van der Waals surface area contributed by atoms with Crippen molar-refractivity contribution in [2.24, 2.45) is 5.92 Å². The van der Waals surface area contributed by atoms with E-state index in [0.29, 0.717) is 17.7 Å². The van der Waals surface area contributed by atoms with Crippen LogP contribution in [0.4, 0.5) is 4.39 Å². The van der Waals surface area contributed by atoms with E-state index in [2.05, 4.69) is 17.1 Å². The van der Waals surface area contributed by atoms with Crippen LogP contribution >= 0.6 is 0 Å². The molecule has 1 aromatic carbocycles. The van der Waals surface area contributed by atoms with Crippen LogP contribution in [0.3, 0.4) is 0 Å². The molecule has 2 aromatic rings. The molecule has 6 heteroatoms. The molecule has 5 rings (SSSR count). The number of carbonyl (C=O) groups is 1. The van der Waals surface area contributed by atoms with E-state index < -0.39 is 0 Å². The second kappa shape index (κ2) is 6.52. The van der Waals surface area contributed by atoms with E-state index >= 15 is 0 Å². The third-order valence-electron chi connectivity index (χ3n) is 5.31. The van der Waals surface area contributed by atoms with Crippen molar-refractivity contribution in [1.29, 1.82) is 0 Å². The van der Waals surface area contributed by atoms with Crippen molar-refractivity contribution in [3.8, 4) is 11.7 Å². The molecule has 2 bridgehead atoms. The van der Waals surface area contributed by atoms with Crippen LogP contribution in [0.5, 0.6) is 11.7 Å². The van der Waals surface area contributed by atoms with Crippen molar-refractivity contribution in [3.05, 3.63) is 48.0 Å². The summed E-state index contributed by atoms with van der Waals surface area (Å²) in [5.74, 6) is 0.861. The zero-order valence-corrected chi connectivity index (χ0v) is 14.1. The summed E-state index contributed by atoms with van der Waals surface area (Å²) < 4.78 is 23.9. The number of amides is 1. The second-order valence-electron chi connectivity index (χ2n) is 6.79. The molecule has 3 aliphatic rings. The second-order valence-corrected chi connectivity index (χ2v) is 6.79. The van der Waals surface area contributed by atoms with Gasteiger partial charge in [0.2, 0.25) is 0 Å². The zero-order valence-electron chi connectivity index (χ0n) is 14.1. The molecular weight excluding hydrogens is 323 g/mol. The lowest BCUT2D eigenvalue weighted by atomic mass is 9.79. The van der Waals surface area contributed by atoms with Gasteiger partial charge in [0.1, 0.15) is 11.6 Å². The summed E-state index contributed by atoms with van der Waals surface area (Å²) in [6, 6.07) is 9.32. The highest BCUT2D eigenvalue weighted by molar-refractivity contribution is 5.91. The minimum Gasteiger partial charge on any atom is -0.426 e. The number of halogens is 1. The SMILES string of the molecule is C[C@H]1[C@H](NC(=O)c2ccc(Oc3ccc(F)cc3)o2)C2CCN1CC2. The molecule has 1 amide bonds. The summed E-state index contributed by atoms with van der Waals surface area (Å²) in [5, 5.41) is 3.12. The molecule has 0 spiro atoms. The molecule has 25 heavy (non-hydrogen) atoms. The molecule has 2 atom stereocenters. The fraction of sp³-hybridized carbons (Fsp3) is 0.421. The van der Waals surface area contributed by atoms with Crippen molar-refractivity contribution in [3.63, 3.8) is 0 Å². The highest BCUT2D eigenvalue weighted by Crippen LogP contribution is 2.32. The normalized spacial score (nSPS) is 27.9. The summed E-state index contributed by atoms with van der Waals surface area (Å²) >= 11 is 0. The van der Waals surface area contributed by atoms with Crippen molar-refractivity contribution >= 4 is 5.91 Å². The Morgan fingerprint density at radius 1 is 1.20 bits per heavy atom. The first kappa shape index (κ1) is 16.1. The molecule has 5 nitrogen and oxygen atoms in total. The predicted molar refractivity (Wildman–Crippen MR) is 90.2 cm³/mol. The molecule has 1 N–H and O–H groups in total. The Morgan fingerprint density at radius 2 is 1.92 bits per heavy atom. The first-order valence-electron chi connectivity index (χ1n) is 8.68. The van der Waals surface area contributed by atoms with E-state index in [0.717, 1.165) is 25.9 Å². The molecule has 3 fully saturated rings. The van der Waals surface area contributed by atoms with Crippen LogP contribution in [0.15, 0.2) is 40.8 Å². The average Bonchev–Trinajstić information content (AvgIpc) is 3.09. The Labute approximate surface area is 145 Å². The van der Waals surface area contributed by atoms with Crippen molar-refractivity contribution in [2.75, 3.05) is 13.1 Å². The van der Waals surface area contributed by atoms with Crippen molar-refractivity contribution < 1.29 is 18.3 Å². The third kappa shape index (κ3) is 3.26. The summed E-state index contributed by atoms with van der Waals surface area (Å²) in [7, 11) is 0. The van der Waals surface area contributed by atoms with Crippen LogP contribution < -0.4 is 10.1 Å². The number of fused-ring (bicyclic) bond motifs is 3. The highest BCUT2D eigenvalue weighted by Gasteiger charge is 2.40. The van der Waals surface area contributed by atoms with E-state index in [9.17, 15) is 9.18 Å². The van der Waals surface area contributed by atoms with Gasteiger partial charge in [-0.2, -0.15) is 0 Å². The highest BCUT2D eigenvalue weighted by atomic mass is 19.1. The largest absolute Gasteiger partial charge is 0.426 e. The molecule has 0 saturated carbocycles. The minimum atomic E-state index is -0.335. The van der Waals surface area contributed by atoms with Gasteiger partial charge < -0.3 is 14.5 Å². The van der Waals surface area contributed by atoms with Crippen LogP contribution in [-0.4, -0.2) is 36.0 Å². The first-order valence-corrected chi connectivity index (χ1v) is 8.68. The lowest BCUT2D eigenvalue weighted by molar-refractivity contribution is 0.0210. The van der Waals surface area contributed by atoms with Crippen molar-refractivity contribution in [1.82, 2.24) is 10.2 Å². The van der Waals surface area contributed by atoms with Crippen LogP contribution in [0.2, 0.25) is 0 Å². The van der Waals surface area contributed by atoms with E-state index in [4.69, 9.17) is 9.15 Å². The van der Waals surface area contributed by atoms with E-state index in [1.807, 2.05) is 0 Å². The number of benzene rings is 1. The number of furan rings is 1. The molecule has 3 aliphatic heterocycles. The maximum absolute atomic E-state index is 12.9. The fourth-order valence-electron chi connectivity index (χ4n) is 3.88. The predicted octanol–water partition coefficient (Wildman–Crippen LogP) is 3.42. The minimum absolute atomic E-state index is 0.154.